The maximum absolute atomic E-state index is 4.25. The zero-order valence-electron chi connectivity index (χ0n) is 5.82. The number of ether oxygens (including phenoxy) is 1. The van der Waals surface area contributed by atoms with Crippen LogP contribution in [0.1, 0.15) is 41.5 Å². The molecule has 0 aromatic rings. The van der Waals surface area contributed by atoms with E-state index in [2.05, 4.69) is 18.6 Å². The van der Waals surface area contributed by atoms with E-state index in [-0.39, 0.29) is 14.9 Å². The van der Waals surface area contributed by atoms with Crippen LogP contribution < -0.4 is 0 Å². The highest BCUT2D eigenvalue weighted by atomic mass is 16.4. The fourth-order valence-corrected chi connectivity index (χ4v) is 0. The van der Waals surface area contributed by atoms with Gasteiger partial charge in [-0.2, -0.15) is 0 Å². The lowest BCUT2D eigenvalue weighted by Crippen LogP contribution is -1.55. The Morgan fingerprint density at radius 3 is 1.00 bits per heavy atom. The van der Waals surface area contributed by atoms with E-state index in [0.29, 0.717) is 0 Å². The molecule has 0 radical (unpaired) electrons. The molecule has 0 unspecified atom stereocenters. The quantitative estimate of drug-likeness (QED) is 0.537. The van der Waals surface area contributed by atoms with Gasteiger partial charge in [0.05, 0.1) is 0 Å². The van der Waals surface area contributed by atoms with Crippen LogP contribution in [0.2, 0.25) is 0 Å². The van der Waals surface area contributed by atoms with Crippen molar-refractivity contribution in [3.8, 4) is 0 Å². The Labute approximate surface area is 61.4 Å². The van der Waals surface area contributed by atoms with Crippen LogP contribution in [-0.4, -0.2) is 14.2 Å². The second-order valence-corrected chi connectivity index (χ2v) is 1.41. The lowest BCUT2D eigenvalue weighted by atomic mass is 10.4. The summed E-state index contributed by atoms with van der Waals surface area (Å²) in [5, 5.41) is 0. The fourth-order valence-electron chi connectivity index (χ4n) is 0. The van der Waals surface area contributed by atoms with Crippen LogP contribution in [-0.2, 0) is 4.74 Å². The fraction of sp³-hybridized carbons (Fsp3) is 1.00. The molecule has 0 aromatic heterocycles. The summed E-state index contributed by atoms with van der Waals surface area (Å²) >= 11 is 0. The molecule has 0 aliphatic carbocycles. The highest BCUT2D eigenvalue weighted by Gasteiger charge is 1.56. The summed E-state index contributed by atoms with van der Waals surface area (Å²) < 4.78 is 4.25. The molecule has 0 fully saturated rings. The normalized spacial score (nSPS) is 5.33. The molecule has 1 heteroatoms. The summed E-state index contributed by atoms with van der Waals surface area (Å²) in [7, 11) is 3.25. The van der Waals surface area contributed by atoms with Crippen molar-refractivity contribution in [2.24, 2.45) is 0 Å². The summed E-state index contributed by atoms with van der Waals surface area (Å²) in [6, 6.07) is 0. The first-order valence-corrected chi connectivity index (χ1v) is 2.73. The van der Waals surface area contributed by atoms with Crippen LogP contribution in [0.15, 0.2) is 0 Å². The van der Waals surface area contributed by atoms with Crippen molar-refractivity contribution >= 4 is 0 Å². The van der Waals surface area contributed by atoms with E-state index in [1.807, 2.05) is 0 Å². The predicted molar refractivity (Wildman–Crippen MR) is 47.0 cm³/mol. The standard InChI is InChI=1S/C4H10.C2H6O.2CH4/c1-3-4-2;1-3-2;;/h3-4H2,1-2H3;1-2H3;2*1H4. The molecular weight excluding hydrogens is 112 g/mol. The molecule has 9 heavy (non-hydrogen) atoms. The molecule has 0 aliphatic heterocycles. The van der Waals surface area contributed by atoms with Gasteiger partial charge in [0, 0.05) is 14.2 Å². The first-order valence-electron chi connectivity index (χ1n) is 2.73. The van der Waals surface area contributed by atoms with Crippen LogP contribution in [0.3, 0.4) is 0 Å². The summed E-state index contributed by atoms with van der Waals surface area (Å²) in [6.45, 7) is 4.36. The smallest absolute Gasteiger partial charge is 0.0351 e. The maximum atomic E-state index is 4.25. The second-order valence-electron chi connectivity index (χ2n) is 1.41. The topological polar surface area (TPSA) is 9.23 Å². The predicted octanol–water partition coefficient (Wildman–Crippen LogP) is 3.34. The van der Waals surface area contributed by atoms with E-state index in [1.54, 1.807) is 14.2 Å². The Kier molecular flexibility index (Phi) is 113. The molecule has 0 spiro atoms. The Morgan fingerprint density at radius 1 is 0.889 bits per heavy atom. The molecular formula is C8H24O. The van der Waals surface area contributed by atoms with E-state index >= 15 is 0 Å². The van der Waals surface area contributed by atoms with Gasteiger partial charge in [-0.3, -0.25) is 0 Å². The monoisotopic (exact) mass is 136 g/mol. The lowest BCUT2D eigenvalue weighted by Gasteiger charge is -1.68. The van der Waals surface area contributed by atoms with Crippen LogP contribution in [0, 0.1) is 0 Å². The Morgan fingerprint density at radius 2 is 1.00 bits per heavy atom. The van der Waals surface area contributed by atoms with E-state index in [9.17, 15) is 0 Å². The molecule has 1 nitrogen and oxygen atoms in total. The average Bonchev–Trinajstić information content (AvgIpc) is 1.69. The summed E-state index contributed by atoms with van der Waals surface area (Å²) in [5.41, 5.74) is 0. The van der Waals surface area contributed by atoms with E-state index in [0.717, 1.165) is 0 Å². The van der Waals surface area contributed by atoms with Crippen molar-refractivity contribution in [3.63, 3.8) is 0 Å². The Balaban J connectivity index is -0.0000000233. The van der Waals surface area contributed by atoms with Crippen LogP contribution in [0.25, 0.3) is 0 Å². The van der Waals surface area contributed by atoms with Crippen molar-refractivity contribution in [2.45, 2.75) is 41.5 Å². The number of hydrogen-bond donors (Lipinski definition) is 0. The number of methoxy groups -OCH3 is 1. The van der Waals surface area contributed by atoms with Crippen LogP contribution in [0.5, 0.6) is 0 Å². The average molecular weight is 136 g/mol. The molecule has 0 saturated heterocycles. The van der Waals surface area contributed by atoms with Crippen LogP contribution in [0.4, 0.5) is 0 Å². The van der Waals surface area contributed by atoms with Gasteiger partial charge in [0.1, 0.15) is 0 Å². The van der Waals surface area contributed by atoms with Crippen molar-refractivity contribution in [1.29, 1.82) is 0 Å². The lowest BCUT2D eigenvalue weighted by molar-refractivity contribution is 0.277. The number of rotatable bonds is 1. The first kappa shape index (κ1) is 23.1. The Hall–Kier alpha value is -0.0400. The third-order valence-electron chi connectivity index (χ3n) is 0.500. The van der Waals surface area contributed by atoms with Gasteiger partial charge in [0.15, 0.2) is 0 Å². The molecule has 0 rings (SSSR count). The molecule has 0 N–H and O–H groups in total. The molecule has 0 bridgehead atoms. The van der Waals surface area contributed by atoms with Gasteiger partial charge < -0.3 is 4.74 Å². The zero-order chi connectivity index (χ0) is 6.12. The second kappa shape index (κ2) is 44.0. The van der Waals surface area contributed by atoms with Gasteiger partial charge in [0.2, 0.25) is 0 Å². The van der Waals surface area contributed by atoms with Crippen molar-refractivity contribution in [1.82, 2.24) is 0 Å². The number of unbranched alkanes of at least 4 members (excludes halogenated alkanes) is 1. The van der Waals surface area contributed by atoms with Crippen LogP contribution >= 0.6 is 0 Å². The summed E-state index contributed by atoms with van der Waals surface area (Å²) in [6.07, 6.45) is 2.64. The SMILES string of the molecule is C.C.CCCC.COC. The highest BCUT2D eigenvalue weighted by Crippen LogP contribution is 1.76. The molecule has 0 aromatic carbocycles. The summed E-state index contributed by atoms with van der Waals surface area (Å²) in [4.78, 5) is 0. The van der Waals surface area contributed by atoms with E-state index < -0.39 is 0 Å². The zero-order valence-corrected chi connectivity index (χ0v) is 5.82. The molecule has 0 heterocycles. The van der Waals surface area contributed by atoms with Crippen molar-refractivity contribution < 1.29 is 4.74 Å². The van der Waals surface area contributed by atoms with Gasteiger partial charge in [-0.25, -0.2) is 0 Å². The van der Waals surface area contributed by atoms with Gasteiger partial charge >= 0.3 is 0 Å². The van der Waals surface area contributed by atoms with E-state index in [1.165, 1.54) is 12.8 Å². The van der Waals surface area contributed by atoms with Crippen molar-refractivity contribution in [2.75, 3.05) is 14.2 Å². The third-order valence-corrected chi connectivity index (χ3v) is 0.500. The van der Waals surface area contributed by atoms with Gasteiger partial charge in [-0.1, -0.05) is 41.5 Å². The van der Waals surface area contributed by atoms with Gasteiger partial charge in [-0.15, -0.1) is 0 Å². The third kappa shape index (κ3) is 307. The largest absolute Gasteiger partial charge is 0.388 e. The van der Waals surface area contributed by atoms with Gasteiger partial charge in [-0.05, 0) is 0 Å². The minimum absolute atomic E-state index is 0. The molecule has 0 amide bonds. The minimum atomic E-state index is 0. The summed E-state index contributed by atoms with van der Waals surface area (Å²) in [5.74, 6) is 0. The van der Waals surface area contributed by atoms with E-state index in [4.69, 9.17) is 0 Å². The van der Waals surface area contributed by atoms with Gasteiger partial charge in [0.25, 0.3) is 0 Å². The first-order chi connectivity index (χ1) is 3.33. The maximum Gasteiger partial charge on any atom is 0.0351 e. The van der Waals surface area contributed by atoms with Crippen molar-refractivity contribution in [3.05, 3.63) is 0 Å². The molecule has 0 atom stereocenters. The number of hydrogen-bond acceptors (Lipinski definition) is 1. The minimum Gasteiger partial charge on any atom is -0.388 e. The molecule has 0 saturated carbocycles. The Bertz CT molecular complexity index is 12.0. The molecule has 62 valence electrons. The highest BCUT2D eigenvalue weighted by molar-refractivity contribution is 4.12. The molecule has 0 aliphatic rings.